The Hall–Kier alpha value is -2.84. The largest absolute Gasteiger partial charge is 0.471 e. The van der Waals surface area contributed by atoms with Crippen molar-refractivity contribution in [3.05, 3.63) is 41.6 Å². The first-order chi connectivity index (χ1) is 11.4. The maximum absolute atomic E-state index is 12.6. The molecule has 0 spiro atoms. The third-order valence-corrected chi connectivity index (χ3v) is 2.83. The number of nitrogens with zero attached hydrogens (tertiary/aromatic N) is 2. The molecule has 0 amide bonds. The summed E-state index contributed by atoms with van der Waals surface area (Å²) in [5.41, 5.74) is 0.140. The van der Waals surface area contributed by atoms with Gasteiger partial charge in [-0.3, -0.25) is 0 Å². The summed E-state index contributed by atoms with van der Waals surface area (Å²) in [6.07, 6.45) is 0.848. The van der Waals surface area contributed by atoms with E-state index < -0.39 is 12.6 Å². The number of alkyl halides is 2. The summed E-state index contributed by atoms with van der Waals surface area (Å²) in [5.74, 6) is -0.838. The van der Waals surface area contributed by atoms with E-state index in [0.717, 1.165) is 0 Å². The van der Waals surface area contributed by atoms with Gasteiger partial charge in [0.15, 0.2) is 0 Å². The van der Waals surface area contributed by atoms with Gasteiger partial charge in [-0.15, -0.1) is 4.85 Å². The van der Waals surface area contributed by atoms with Crippen LogP contribution >= 0.6 is 0 Å². The molecule has 0 aliphatic rings. The van der Waals surface area contributed by atoms with E-state index in [1.54, 1.807) is 13.8 Å². The number of carbonyl (C=O) groups excluding carboxylic acids is 1. The molecule has 0 radical (unpaired) electrons. The Bertz CT molecular complexity index is 703. The van der Waals surface area contributed by atoms with Gasteiger partial charge in [-0.05, 0) is 26.0 Å². The molecule has 0 aliphatic heterocycles. The lowest BCUT2D eigenvalue weighted by Crippen LogP contribution is -2.16. The predicted molar refractivity (Wildman–Crippen MR) is 77.4 cm³/mol. The lowest BCUT2D eigenvalue weighted by Gasteiger charge is -2.15. The average molecular weight is 342 g/mol. The van der Waals surface area contributed by atoms with Crippen LogP contribution in [0.5, 0.6) is 11.6 Å². The van der Waals surface area contributed by atoms with E-state index in [1.807, 2.05) is 0 Å². The summed E-state index contributed by atoms with van der Waals surface area (Å²) in [6, 6.07) is 5.48. The molecule has 130 valence electrons. The fourth-order valence-electron chi connectivity index (χ4n) is 1.91. The van der Waals surface area contributed by atoms with E-state index in [4.69, 9.17) is 14.7 Å². The molecular formula is C15H16F2N2O5. The Morgan fingerprint density at radius 2 is 2.08 bits per heavy atom. The average Bonchev–Trinajstić information content (AvgIpc) is 2.90. The van der Waals surface area contributed by atoms with Gasteiger partial charge < -0.3 is 19.4 Å². The van der Waals surface area contributed by atoms with Crippen LogP contribution in [0.1, 0.15) is 29.8 Å². The second-order valence-electron chi connectivity index (χ2n) is 4.98. The van der Waals surface area contributed by atoms with Gasteiger partial charge in [0.25, 0.3) is 0 Å². The van der Waals surface area contributed by atoms with Gasteiger partial charge in [0.05, 0.1) is 17.9 Å². The Balaban J connectivity index is 2.30. The van der Waals surface area contributed by atoms with Gasteiger partial charge in [0.1, 0.15) is 12.4 Å². The minimum atomic E-state index is -3.06. The highest BCUT2D eigenvalue weighted by Crippen LogP contribution is 2.26. The van der Waals surface area contributed by atoms with Crippen molar-refractivity contribution in [3.63, 3.8) is 0 Å². The number of rotatable bonds is 7. The first-order valence-corrected chi connectivity index (χ1v) is 7.02. The van der Waals surface area contributed by atoms with Crippen LogP contribution in [0, 0.1) is 0 Å². The van der Waals surface area contributed by atoms with Crippen LogP contribution in [0.2, 0.25) is 0 Å². The fraction of sp³-hybridized carbons (Fsp3) is 0.333. The van der Waals surface area contributed by atoms with Crippen LogP contribution in [0.15, 0.2) is 30.5 Å². The summed E-state index contributed by atoms with van der Waals surface area (Å²) in [7, 11) is 0. The van der Waals surface area contributed by atoms with Crippen molar-refractivity contribution < 1.29 is 33.0 Å². The van der Waals surface area contributed by atoms with Crippen LogP contribution in [0.25, 0.3) is 0 Å². The zero-order chi connectivity index (χ0) is 17.7. The molecule has 0 fully saturated rings. The van der Waals surface area contributed by atoms with Crippen LogP contribution in [-0.2, 0) is 11.3 Å². The normalized spacial score (nSPS) is 10.9. The van der Waals surface area contributed by atoms with Crippen molar-refractivity contribution in [2.75, 3.05) is 0 Å². The van der Waals surface area contributed by atoms with E-state index in [9.17, 15) is 13.6 Å². The number of aromatic nitrogens is 2. The maximum Gasteiger partial charge on any atom is 0.387 e. The van der Waals surface area contributed by atoms with Gasteiger partial charge in [-0.25, -0.2) is 4.79 Å². The lowest BCUT2D eigenvalue weighted by molar-refractivity contribution is -0.0510. The number of halogens is 2. The molecule has 24 heavy (non-hydrogen) atoms. The lowest BCUT2D eigenvalue weighted by atomic mass is 10.1. The van der Waals surface area contributed by atoms with Gasteiger partial charge in [0, 0.05) is 11.6 Å². The molecule has 2 rings (SSSR count). The molecule has 1 heterocycles. The summed E-state index contributed by atoms with van der Waals surface area (Å²) < 4.78 is 40.0. The Morgan fingerprint density at radius 3 is 2.67 bits per heavy atom. The van der Waals surface area contributed by atoms with E-state index in [2.05, 4.69) is 9.84 Å². The summed E-state index contributed by atoms with van der Waals surface area (Å²) >= 11 is 0. The van der Waals surface area contributed by atoms with E-state index in [1.165, 1.54) is 30.5 Å². The van der Waals surface area contributed by atoms with Crippen molar-refractivity contribution in [2.24, 2.45) is 0 Å². The highest BCUT2D eigenvalue weighted by molar-refractivity contribution is 5.92. The minimum absolute atomic E-state index is 0.0466. The van der Waals surface area contributed by atoms with Crippen molar-refractivity contribution in [3.8, 4) is 11.6 Å². The fourth-order valence-corrected chi connectivity index (χ4v) is 1.91. The first-order valence-electron chi connectivity index (χ1n) is 7.02. The zero-order valence-electron chi connectivity index (χ0n) is 13.0. The number of benzene rings is 1. The number of esters is 1. The quantitative estimate of drug-likeness (QED) is 0.615. The molecule has 9 heteroatoms. The van der Waals surface area contributed by atoms with Crippen molar-refractivity contribution in [1.29, 1.82) is 0 Å². The molecule has 0 atom stereocenters. The minimum Gasteiger partial charge on any atom is -0.471 e. The molecule has 0 bridgehead atoms. The Morgan fingerprint density at radius 1 is 1.33 bits per heavy atom. The predicted octanol–water partition coefficient (Wildman–Crippen LogP) is 2.87. The highest BCUT2D eigenvalue weighted by atomic mass is 19.3. The number of hydrogen-bond acceptors (Lipinski definition) is 6. The highest BCUT2D eigenvalue weighted by Gasteiger charge is 2.20. The summed E-state index contributed by atoms with van der Waals surface area (Å²) in [5, 5.41) is 12.7. The van der Waals surface area contributed by atoms with Crippen molar-refractivity contribution >= 4 is 5.97 Å². The number of carbonyl (C=O) groups is 1. The van der Waals surface area contributed by atoms with Crippen molar-refractivity contribution in [2.45, 2.75) is 33.2 Å². The second kappa shape index (κ2) is 7.62. The van der Waals surface area contributed by atoms with Gasteiger partial charge in [0.2, 0.25) is 5.88 Å². The molecule has 0 unspecified atom stereocenters. The summed E-state index contributed by atoms with van der Waals surface area (Å²) in [6.45, 7) is 0.00234. The number of ether oxygens (including phenoxy) is 3. The smallest absolute Gasteiger partial charge is 0.387 e. The Labute approximate surface area is 136 Å². The first kappa shape index (κ1) is 17.5. The van der Waals surface area contributed by atoms with E-state index in [-0.39, 0.29) is 35.5 Å². The second-order valence-corrected chi connectivity index (χ2v) is 4.98. The van der Waals surface area contributed by atoms with Crippen LogP contribution < -0.4 is 9.47 Å². The van der Waals surface area contributed by atoms with Crippen LogP contribution in [0.3, 0.4) is 0 Å². The van der Waals surface area contributed by atoms with E-state index >= 15 is 0 Å². The third kappa shape index (κ3) is 4.58. The number of hydrogen-bond donors (Lipinski definition) is 1. The van der Waals surface area contributed by atoms with Gasteiger partial charge >= 0.3 is 12.6 Å². The molecule has 1 aromatic heterocycles. The molecule has 7 nitrogen and oxygen atoms in total. The standard InChI is InChI=1S/C15H16F2N2O5/c1-9(2)23-14(20)10-4-3-5-12(24-15(16)17)11(10)8-22-13-6-7-19(21)18-13/h3-7,9,15,21H,8H2,1-2H3. The van der Waals surface area contributed by atoms with E-state index in [0.29, 0.717) is 4.85 Å². The van der Waals surface area contributed by atoms with Crippen LogP contribution in [0.4, 0.5) is 8.78 Å². The molecule has 1 aromatic carbocycles. The van der Waals surface area contributed by atoms with Gasteiger partial charge in [-0.2, -0.15) is 8.78 Å². The summed E-state index contributed by atoms with van der Waals surface area (Å²) in [4.78, 5) is 12.7. The van der Waals surface area contributed by atoms with Crippen molar-refractivity contribution in [1.82, 2.24) is 9.94 Å². The maximum atomic E-state index is 12.6. The topological polar surface area (TPSA) is 82.8 Å². The van der Waals surface area contributed by atoms with Crippen LogP contribution in [-0.4, -0.2) is 33.8 Å². The SMILES string of the molecule is CC(C)OC(=O)c1cccc(OC(F)F)c1COc1ccn(O)n1. The molecule has 0 saturated carbocycles. The molecule has 0 aliphatic carbocycles. The molecule has 0 saturated heterocycles. The Kier molecular flexibility index (Phi) is 5.56. The molecule has 2 aromatic rings. The monoisotopic (exact) mass is 342 g/mol. The molecular weight excluding hydrogens is 326 g/mol. The molecule has 1 N–H and O–H groups in total. The zero-order valence-corrected chi connectivity index (χ0v) is 13.0. The third-order valence-electron chi connectivity index (χ3n) is 2.83. The van der Waals surface area contributed by atoms with Gasteiger partial charge in [-0.1, -0.05) is 11.2 Å².